The number of nitrogens with two attached hydrogens (primary N) is 1. The summed E-state index contributed by atoms with van der Waals surface area (Å²) in [5.41, 5.74) is 5.49. The molecular formula is C14H26N2O2. The number of rotatable bonds is 3. The van der Waals surface area contributed by atoms with E-state index in [9.17, 15) is 9.90 Å². The molecule has 1 aliphatic carbocycles. The Morgan fingerprint density at radius 3 is 2.67 bits per heavy atom. The van der Waals surface area contributed by atoms with Crippen LogP contribution in [0.15, 0.2) is 0 Å². The van der Waals surface area contributed by atoms with Gasteiger partial charge in [-0.15, -0.1) is 0 Å². The Morgan fingerprint density at radius 2 is 2.00 bits per heavy atom. The zero-order valence-corrected chi connectivity index (χ0v) is 11.4. The van der Waals surface area contributed by atoms with Crippen molar-refractivity contribution in [1.29, 1.82) is 0 Å². The van der Waals surface area contributed by atoms with Crippen LogP contribution in [0.3, 0.4) is 0 Å². The molecule has 2 atom stereocenters. The van der Waals surface area contributed by atoms with Gasteiger partial charge in [-0.1, -0.05) is 32.6 Å². The summed E-state index contributed by atoms with van der Waals surface area (Å²) < 4.78 is 0. The van der Waals surface area contributed by atoms with Crippen LogP contribution in [0.5, 0.6) is 0 Å². The molecule has 4 nitrogen and oxygen atoms in total. The average Bonchev–Trinajstić information content (AvgIpc) is 2.50. The highest BCUT2D eigenvalue weighted by atomic mass is 16.3. The molecule has 2 fully saturated rings. The first kappa shape index (κ1) is 13.8. The second-order valence-electron chi connectivity index (χ2n) is 6.08. The maximum Gasteiger partial charge on any atom is 0.227 e. The van der Waals surface area contributed by atoms with Crippen LogP contribution in [0, 0.1) is 5.92 Å². The lowest BCUT2D eigenvalue weighted by Crippen LogP contribution is -2.65. The van der Waals surface area contributed by atoms with Crippen LogP contribution < -0.4 is 5.73 Å². The Balaban J connectivity index is 1.88. The monoisotopic (exact) mass is 254 g/mol. The highest BCUT2D eigenvalue weighted by molar-refractivity contribution is 5.80. The third-order valence-corrected chi connectivity index (χ3v) is 4.38. The fourth-order valence-corrected chi connectivity index (χ4v) is 3.32. The summed E-state index contributed by atoms with van der Waals surface area (Å²) in [5, 5.41) is 10.1. The first-order valence-electron chi connectivity index (χ1n) is 7.32. The zero-order chi connectivity index (χ0) is 13.2. The molecular weight excluding hydrogens is 228 g/mol. The molecule has 0 spiro atoms. The first-order chi connectivity index (χ1) is 8.56. The van der Waals surface area contributed by atoms with E-state index in [2.05, 4.69) is 6.92 Å². The Kier molecular flexibility index (Phi) is 4.28. The van der Waals surface area contributed by atoms with Crippen molar-refractivity contribution >= 4 is 5.91 Å². The molecule has 1 aliphatic heterocycles. The SMILES string of the molecule is CCCC1(O)CN(C(=O)C2CCCCCC2N)C1. The third-order valence-electron chi connectivity index (χ3n) is 4.38. The van der Waals surface area contributed by atoms with E-state index in [1.54, 1.807) is 4.90 Å². The Hall–Kier alpha value is -0.610. The minimum Gasteiger partial charge on any atom is -0.386 e. The molecule has 1 heterocycles. The standard InChI is InChI=1S/C14H26N2O2/c1-2-8-14(18)9-16(10-14)13(17)11-6-4-3-5-7-12(11)15/h11-12,18H,2-10,15H2,1H3. The molecule has 1 saturated carbocycles. The molecule has 0 radical (unpaired) electrons. The van der Waals surface area contributed by atoms with Crippen LogP contribution in [-0.4, -0.2) is 40.6 Å². The van der Waals surface area contributed by atoms with E-state index in [0.717, 1.165) is 38.5 Å². The Labute approximate surface area is 110 Å². The lowest BCUT2D eigenvalue weighted by molar-refractivity contribution is -0.161. The first-order valence-corrected chi connectivity index (χ1v) is 7.32. The third kappa shape index (κ3) is 2.86. The minimum atomic E-state index is -0.626. The number of nitrogens with zero attached hydrogens (tertiary/aromatic N) is 1. The second kappa shape index (κ2) is 5.57. The Bertz CT molecular complexity index is 300. The van der Waals surface area contributed by atoms with Gasteiger partial charge in [0.25, 0.3) is 0 Å². The number of aliphatic hydroxyl groups is 1. The van der Waals surface area contributed by atoms with Gasteiger partial charge in [0.15, 0.2) is 0 Å². The van der Waals surface area contributed by atoms with Crippen molar-refractivity contribution in [3.63, 3.8) is 0 Å². The molecule has 1 saturated heterocycles. The van der Waals surface area contributed by atoms with E-state index in [0.29, 0.717) is 13.1 Å². The predicted octanol–water partition coefficient (Wildman–Crippen LogP) is 1.27. The molecule has 3 N–H and O–H groups in total. The number of β-amino-alcohol motifs (C(OH)–C–C–N with tert-alkyl or cyclic N) is 1. The van der Waals surface area contributed by atoms with Crippen LogP contribution in [0.4, 0.5) is 0 Å². The molecule has 2 unspecified atom stereocenters. The van der Waals surface area contributed by atoms with Gasteiger partial charge in [0.2, 0.25) is 5.91 Å². The van der Waals surface area contributed by atoms with E-state index in [4.69, 9.17) is 5.73 Å². The van der Waals surface area contributed by atoms with Crippen molar-refractivity contribution in [2.24, 2.45) is 11.7 Å². The molecule has 0 bridgehead atoms. The molecule has 104 valence electrons. The topological polar surface area (TPSA) is 66.6 Å². The van der Waals surface area contributed by atoms with Gasteiger partial charge in [-0.2, -0.15) is 0 Å². The Morgan fingerprint density at radius 1 is 1.33 bits per heavy atom. The molecule has 4 heteroatoms. The fraction of sp³-hybridized carbons (Fsp3) is 0.929. The summed E-state index contributed by atoms with van der Waals surface area (Å²) >= 11 is 0. The zero-order valence-electron chi connectivity index (χ0n) is 11.4. The maximum atomic E-state index is 12.4. The predicted molar refractivity (Wildman–Crippen MR) is 71.0 cm³/mol. The molecule has 18 heavy (non-hydrogen) atoms. The van der Waals surface area contributed by atoms with Gasteiger partial charge >= 0.3 is 0 Å². The molecule has 0 aromatic rings. The van der Waals surface area contributed by atoms with Gasteiger partial charge in [-0.25, -0.2) is 0 Å². The number of amides is 1. The molecule has 2 aliphatic rings. The normalized spacial score (nSPS) is 31.6. The van der Waals surface area contributed by atoms with E-state index < -0.39 is 5.60 Å². The summed E-state index contributed by atoms with van der Waals surface area (Å²) in [6, 6.07) is 0.0138. The van der Waals surface area contributed by atoms with Gasteiger partial charge in [0.1, 0.15) is 0 Å². The molecule has 1 amide bonds. The lowest BCUT2D eigenvalue weighted by atomic mass is 9.86. The summed E-state index contributed by atoms with van der Waals surface area (Å²) in [4.78, 5) is 14.2. The number of hydrogen-bond donors (Lipinski definition) is 2. The maximum absolute atomic E-state index is 12.4. The van der Waals surface area contributed by atoms with E-state index in [-0.39, 0.29) is 17.9 Å². The van der Waals surface area contributed by atoms with Gasteiger partial charge in [-0.3, -0.25) is 4.79 Å². The van der Waals surface area contributed by atoms with Crippen molar-refractivity contribution in [3.05, 3.63) is 0 Å². The lowest BCUT2D eigenvalue weighted by Gasteiger charge is -2.48. The number of hydrogen-bond acceptors (Lipinski definition) is 3. The smallest absolute Gasteiger partial charge is 0.227 e. The van der Waals surface area contributed by atoms with E-state index in [1.807, 2.05) is 0 Å². The van der Waals surface area contributed by atoms with Gasteiger partial charge < -0.3 is 15.7 Å². The van der Waals surface area contributed by atoms with Crippen LogP contribution >= 0.6 is 0 Å². The summed E-state index contributed by atoms with van der Waals surface area (Å²) in [7, 11) is 0. The van der Waals surface area contributed by atoms with Crippen LogP contribution in [-0.2, 0) is 4.79 Å². The van der Waals surface area contributed by atoms with Crippen molar-refractivity contribution in [2.45, 2.75) is 63.5 Å². The number of likely N-dealkylation sites (tertiary alicyclic amines) is 1. The van der Waals surface area contributed by atoms with Crippen LogP contribution in [0.1, 0.15) is 51.9 Å². The van der Waals surface area contributed by atoms with Crippen molar-refractivity contribution in [1.82, 2.24) is 4.90 Å². The molecule has 0 aromatic heterocycles. The quantitative estimate of drug-likeness (QED) is 0.745. The van der Waals surface area contributed by atoms with E-state index >= 15 is 0 Å². The average molecular weight is 254 g/mol. The number of carbonyl (C=O) groups is 1. The molecule has 2 rings (SSSR count). The van der Waals surface area contributed by atoms with E-state index in [1.165, 1.54) is 6.42 Å². The van der Waals surface area contributed by atoms with Gasteiger partial charge in [0.05, 0.1) is 24.6 Å². The second-order valence-corrected chi connectivity index (χ2v) is 6.08. The largest absolute Gasteiger partial charge is 0.386 e. The van der Waals surface area contributed by atoms with Crippen molar-refractivity contribution in [2.75, 3.05) is 13.1 Å². The van der Waals surface area contributed by atoms with Crippen molar-refractivity contribution < 1.29 is 9.90 Å². The van der Waals surface area contributed by atoms with Gasteiger partial charge in [0, 0.05) is 6.04 Å². The van der Waals surface area contributed by atoms with Crippen molar-refractivity contribution in [3.8, 4) is 0 Å². The van der Waals surface area contributed by atoms with Crippen LogP contribution in [0.2, 0.25) is 0 Å². The fourth-order valence-electron chi connectivity index (χ4n) is 3.32. The van der Waals surface area contributed by atoms with Crippen LogP contribution in [0.25, 0.3) is 0 Å². The highest BCUT2D eigenvalue weighted by Gasteiger charge is 2.45. The highest BCUT2D eigenvalue weighted by Crippen LogP contribution is 2.30. The summed E-state index contributed by atoms with van der Waals surface area (Å²) in [6.45, 7) is 3.06. The summed E-state index contributed by atoms with van der Waals surface area (Å²) in [5.74, 6) is 0.156. The summed E-state index contributed by atoms with van der Waals surface area (Å²) in [6.07, 6.45) is 7.07. The molecule has 0 aromatic carbocycles. The number of carbonyl (C=O) groups excluding carboxylic acids is 1. The van der Waals surface area contributed by atoms with Gasteiger partial charge in [-0.05, 0) is 19.3 Å². The minimum absolute atomic E-state index is 0.0138.